The van der Waals surface area contributed by atoms with Crippen LogP contribution in [0, 0.1) is 0 Å². The van der Waals surface area contributed by atoms with Gasteiger partial charge < -0.3 is 5.11 Å². The SMILES string of the molecule is CC1=C(O)N=NCC1=O. The number of aliphatic hydroxyl groups excluding tert-OH is 1. The van der Waals surface area contributed by atoms with Crippen molar-refractivity contribution < 1.29 is 9.90 Å². The number of hydrogen-bond acceptors (Lipinski definition) is 4. The lowest BCUT2D eigenvalue weighted by atomic mass is 10.2. The number of nitrogens with zero attached hydrogens (tertiary/aromatic N) is 2. The highest BCUT2D eigenvalue weighted by Crippen LogP contribution is 2.08. The molecule has 0 amide bonds. The molecule has 1 N–H and O–H groups in total. The van der Waals surface area contributed by atoms with E-state index in [1.807, 2.05) is 0 Å². The van der Waals surface area contributed by atoms with Crippen molar-refractivity contribution in [1.82, 2.24) is 0 Å². The van der Waals surface area contributed by atoms with Crippen molar-refractivity contribution in [3.8, 4) is 0 Å². The van der Waals surface area contributed by atoms with Crippen LogP contribution < -0.4 is 0 Å². The zero-order valence-corrected chi connectivity index (χ0v) is 4.96. The average Bonchev–Trinajstić information content (AvgIpc) is 1.83. The third-order valence-electron chi connectivity index (χ3n) is 1.13. The van der Waals surface area contributed by atoms with Crippen LogP contribution in [0.15, 0.2) is 21.7 Å². The maximum atomic E-state index is 10.6. The summed E-state index contributed by atoms with van der Waals surface area (Å²) < 4.78 is 0. The number of hydrogen-bond donors (Lipinski definition) is 1. The zero-order chi connectivity index (χ0) is 6.85. The van der Waals surface area contributed by atoms with Gasteiger partial charge in [-0.15, -0.1) is 5.11 Å². The average molecular weight is 126 g/mol. The number of ketones is 1. The topological polar surface area (TPSA) is 62.0 Å². The van der Waals surface area contributed by atoms with Crippen molar-refractivity contribution in [2.75, 3.05) is 6.54 Å². The summed E-state index contributed by atoms with van der Waals surface area (Å²) in [4.78, 5) is 10.6. The predicted octanol–water partition coefficient (Wildman–Crippen LogP) is 0.811. The first-order valence-electron chi connectivity index (χ1n) is 2.52. The second-order valence-corrected chi connectivity index (χ2v) is 1.77. The Bertz CT molecular complexity index is 205. The fraction of sp³-hybridized carbons (Fsp3) is 0.400. The summed E-state index contributed by atoms with van der Waals surface area (Å²) in [7, 11) is 0. The molecule has 0 radical (unpaired) electrons. The lowest BCUT2D eigenvalue weighted by Crippen LogP contribution is -2.09. The summed E-state index contributed by atoms with van der Waals surface area (Å²) in [6.45, 7) is 1.59. The van der Waals surface area contributed by atoms with E-state index in [0.29, 0.717) is 5.57 Å². The first-order valence-corrected chi connectivity index (χ1v) is 2.52. The van der Waals surface area contributed by atoms with Gasteiger partial charge in [-0.05, 0) is 6.92 Å². The molecule has 0 saturated carbocycles. The van der Waals surface area contributed by atoms with Crippen LogP contribution in [0.2, 0.25) is 0 Å². The molecule has 4 heteroatoms. The highest BCUT2D eigenvalue weighted by molar-refractivity contribution is 5.97. The van der Waals surface area contributed by atoms with E-state index in [1.165, 1.54) is 6.92 Å². The van der Waals surface area contributed by atoms with Crippen LogP contribution in [-0.4, -0.2) is 17.4 Å². The maximum absolute atomic E-state index is 10.6. The molecule has 0 aromatic heterocycles. The largest absolute Gasteiger partial charge is 0.492 e. The number of azo groups is 1. The molecule has 0 aromatic carbocycles. The van der Waals surface area contributed by atoms with Gasteiger partial charge in [0.25, 0.3) is 0 Å². The summed E-state index contributed by atoms with van der Waals surface area (Å²) in [5.41, 5.74) is 0.296. The Morgan fingerprint density at radius 3 is 2.78 bits per heavy atom. The summed E-state index contributed by atoms with van der Waals surface area (Å²) >= 11 is 0. The number of aliphatic hydroxyl groups is 1. The molecule has 4 nitrogen and oxygen atoms in total. The number of Topliss-reactive ketones (excluding diaryl/α,β-unsaturated/α-hetero) is 1. The Morgan fingerprint density at radius 2 is 2.33 bits per heavy atom. The third-order valence-corrected chi connectivity index (χ3v) is 1.13. The Kier molecular flexibility index (Phi) is 1.30. The summed E-state index contributed by atoms with van der Waals surface area (Å²) in [5.74, 6) is -0.422. The van der Waals surface area contributed by atoms with Crippen LogP contribution in [0.3, 0.4) is 0 Å². The van der Waals surface area contributed by atoms with E-state index in [4.69, 9.17) is 5.11 Å². The molecule has 1 aliphatic rings. The van der Waals surface area contributed by atoms with Crippen LogP contribution >= 0.6 is 0 Å². The van der Waals surface area contributed by atoms with Gasteiger partial charge >= 0.3 is 0 Å². The molecule has 0 spiro atoms. The van der Waals surface area contributed by atoms with Crippen molar-refractivity contribution in [2.45, 2.75) is 6.92 Å². The first-order chi connectivity index (χ1) is 4.22. The molecular weight excluding hydrogens is 120 g/mol. The number of rotatable bonds is 0. The van der Waals surface area contributed by atoms with Gasteiger partial charge in [0, 0.05) is 0 Å². The second kappa shape index (κ2) is 1.97. The Balaban J connectivity index is 2.97. The van der Waals surface area contributed by atoms with E-state index in [0.717, 1.165) is 0 Å². The van der Waals surface area contributed by atoms with E-state index in [1.54, 1.807) is 0 Å². The maximum Gasteiger partial charge on any atom is 0.237 e. The van der Waals surface area contributed by atoms with Gasteiger partial charge in [0.1, 0.15) is 6.54 Å². The Labute approximate surface area is 51.9 Å². The first kappa shape index (κ1) is 5.94. The molecule has 0 unspecified atom stereocenters. The van der Waals surface area contributed by atoms with Crippen LogP contribution in [0.1, 0.15) is 6.92 Å². The normalized spacial score (nSPS) is 19.0. The summed E-state index contributed by atoms with van der Waals surface area (Å²) in [6, 6.07) is 0. The second-order valence-electron chi connectivity index (χ2n) is 1.77. The molecule has 48 valence electrons. The van der Waals surface area contributed by atoms with E-state index in [9.17, 15) is 4.79 Å². The van der Waals surface area contributed by atoms with Gasteiger partial charge in [-0.2, -0.15) is 5.11 Å². The quantitative estimate of drug-likeness (QED) is 0.522. The highest BCUT2D eigenvalue weighted by atomic mass is 16.3. The molecule has 0 aliphatic carbocycles. The fourth-order valence-electron chi connectivity index (χ4n) is 0.485. The summed E-state index contributed by atoms with van der Waals surface area (Å²) in [5, 5.41) is 15.4. The Morgan fingerprint density at radius 1 is 1.67 bits per heavy atom. The highest BCUT2D eigenvalue weighted by Gasteiger charge is 2.12. The van der Waals surface area contributed by atoms with Gasteiger partial charge in [0.05, 0.1) is 5.57 Å². The molecule has 1 heterocycles. The van der Waals surface area contributed by atoms with E-state index in [-0.39, 0.29) is 18.2 Å². The standard InChI is InChI=1S/C5H6N2O2/c1-3-4(8)2-6-7-5(3)9/h9H,2H2,1H3. The minimum absolute atomic E-state index is 0.0654. The molecule has 0 bridgehead atoms. The minimum atomic E-state index is -0.258. The van der Waals surface area contributed by atoms with E-state index >= 15 is 0 Å². The van der Waals surface area contributed by atoms with Crippen molar-refractivity contribution in [1.29, 1.82) is 0 Å². The van der Waals surface area contributed by atoms with Crippen molar-refractivity contribution in [2.24, 2.45) is 10.2 Å². The molecule has 0 aromatic rings. The smallest absolute Gasteiger partial charge is 0.237 e. The predicted molar refractivity (Wildman–Crippen MR) is 30.1 cm³/mol. The van der Waals surface area contributed by atoms with Crippen molar-refractivity contribution in [3.05, 3.63) is 11.5 Å². The zero-order valence-electron chi connectivity index (χ0n) is 4.96. The van der Waals surface area contributed by atoms with Gasteiger partial charge in [-0.25, -0.2) is 0 Å². The van der Waals surface area contributed by atoms with Crippen LogP contribution in [0.5, 0.6) is 0 Å². The van der Waals surface area contributed by atoms with Gasteiger partial charge in [-0.1, -0.05) is 0 Å². The van der Waals surface area contributed by atoms with E-state index in [2.05, 4.69) is 10.2 Å². The Hall–Kier alpha value is -1.19. The molecule has 9 heavy (non-hydrogen) atoms. The molecule has 1 rings (SSSR count). The van der Waals surface area contributed by atoms with Gasteiger partial charge in [-0.3, -0.25) is 4.79 Å². The monoisotopic (exact) mass is 126 g/mol. The lowest BCUT2D eigenvalue weighted by molar-refractivity contribution is -0.114. The lowest BCUT2D eigenvalue weighted by Gasteiger charge is -2.01. The van der Waals surface area contributed by atoms with Crippen LogP contribution in [-0.2, 0) is 4.79 Å². The van der Waals surface area contributed by atoms with Crippen molar-refractivity contribution in [3.63, 3.8) is 0 Å². The molecular formula is C5H6N2O2. The van der Waals surface area contributed by atoms with E-state index < -0.39 is 0 Å². The van der Waals surface area contributed by atoms with Gasteiger partial charge in [0.15, 0.2) is 5.78 Å². The third kappa shape index (κ3) is 0.960. The molecule has 1 aliphatic heterocycles. The minimum Gasteiger partial charge on any atom is -0.492 e. The number of carbonyl (C=O) groups is 1. The summed E-state index contributed by atoms with van der Waals surface area (Å²) in [6.07, 6.45) is 0. The molecule has 0 atom stereocenters. The molecule has 0 saturated heterocycles. The van der Waals surface area contributed by atoms with Crippen LogP contribution in [0.4, 0.5) is 0 Å². The van der Waals surface area contributed by atoms with Crippen molar-refractivity contribution >= 4 is 5.78 Å². The van der Waals surface area contributed by atoms with Crippen LogP contribution in [0.25, 0.3) is 0 Å². The molecule has 0 fully saturated rings. The van der Waals surface area contributed by atoms with Gasteiger partial charge in [0.2, 0.25) is 5.88 Å². The fourth-order valence-corrected chi connectivity index (χ4v) is 0.485. The number of carbonyl (C=O) groups excluding carboxylic acids is 1.